The zero-order chi connectivity index (χ0) is 12.3. The Labute approximate surface area is 114 Å². The molecule has 0 fully saturated rings. The van der Waals surface area contributed by atoms with Crippen molar-refractivity contribution in [2.24, 2.45) is 0 Å². The summed E-state index contributed by atoms with van der Waals surface area (Å²) in [5.74, 6) is 0.818. The van der Waals surface area contributed by atoms with Crippen molar-refractivity contribution >= 4 is 34.2 Å². The average Bonchev–Trinajstić information content (AvgIpc) is 2.85. The third-order valence-corrected chi connectivity index (χ3v) is 3.65. The van der Waals surface area contributed by atoms with Crippen molar-refractivity contribution in [1.82, 2.24) is 0 Å². The lowest BCUT2D eigenvalue weighted by Crippen LogP contribution is -2.14. The maximum atomic E-state index is 11.9. The van der Waals surface area contributed by atoms with E-state index in [9.17, 15) is 4.79 Å². The Kier molecular flexibility index (Phi) is 4.04. The Morgan fingerprint density at radius 2 is 2.29 bits per heavy atom. The molecule has 1 amide bonds. The quantitative estimate of drug-likeness (QED) is 0.855. The second-order valence-corrected chi connectivity index (χ2v) is 5.08. The van der Waals surface area contributed by atoms with Crippen LogP contribution in [0, 0.1) is 3.57 Å². The minimum absolute atomic E-state index is 0.0191. The van der Waals surface area contributed by atoms with Crippen LogP contribution in [-0.4, -0.2) is 13.0 Å². The van der Waals surface area contributed by atoms with Crippen molar-refractivity contribution in [2.75, 3.05) is 12.4 Å². The van der Waals surface area contributed by atoms with Crippen molar-refractivity contribution in [3.05, 3.63) is 33.4 Å². The van der Waals surface area contributed by atoms with Crippen LogP contribution >= 0.6 is 22.6 Å². The van der Waals surface area contributed by atoms with Gasteiger partial charge in [0.2, 0.25) is 0 Å². The van der Waals surface area contributed by atoms with E-state index in [-0.39, 0.29) is 5.91 Å². The van der Waals surface area contributed by atoms with Crippen LogP contribution in [0.5, 0.6) is 5.75 Å². The normalized spacial score (nSPS) is 14.4. The number of amides is 1. The van der Waals surface area contributed by atoms with Crippen LogP contribution in [0.4, 0.5) is 5.69 Å². The molecule has 0 bridgehead atoms. The van der Waals surface area contributed by atoms with E-state index in [4.69, 9.17) is 4.74 Å². The molecule has 2 rings (SSSR count). The number of hydrogen-bond donors (Lipinski definition) is 1. The maximum Gasteiger partial charge on any atom is 0.251 e. The number of nitrogens with one attached hydrogen (secondary N) is 1. The fraction of sp³-hybridized carbons (Fsp3) is 0.308. The zero-order valence-corrected chi connectivity index (χ0v) is 11.8. The van der Waals surface area contributed by atoms with Gasteiger partial charge in [0.1, 0.15) is 5.75 Å². The van der Waals surface area contributed by atoms with Gasteiger partial charge in [-0.15, -0.1) is 0 Å². The second kappa shape index (κ2) is 5.53. The first-order valence-electron chi connectivity index (χ1n) is 5.54. The van der Waals surface area contributed by atoms with Crippen LogP contribution < -0.4 is 10.1 Å². The van der Waals surface area contributed by atoms with E-state index in [0.717, 1.165) is 39.8 Å². The highest BCUT2D eigenvalue weighted by atomic mass is 127. The minimum atomic E-state index is 0.0191. The Morgan fingerprint density at radius 1 is 1.47 bits per heavy atom. The molecule has 90 valence electrons. The van der Waals surface area contributed by atoms with E-state index >= 15 is 0 Å². The molecule has 4 heteroatoms. The van der Waals surface area contributed by atoms with E-state index in [1.807, 2.05) is 24.3 Å². The fourth-order valence-corrected chi connectivity index (χ4v) is 2.43. The highest BCUT2D eigenvalue weighted by Crippen LogP contribution is 2.25. The van der Waals surface area contributed by atoms with E-state index < -0.39 is 0 Å². The molecule has 1 N–H and O–H groups in total. The van der Waals surface area contributed by atoms with Gasteiger partial charge in [0, 0.05) is 9.14 Å². The number of anilines is 1. The van der Waals surface area contributed by atoms with Gasteiger partial charge >= 0.3 is 0 Å². The Balaban J connectivity index is 2.10. The van der Waals surface area contributed by atoms with Crippen LogP contribution in [0.2, 0.25) is 0 Å². The van der Waals surface area contributed by atoms with Gasteiger partial charge < -0.3 is 10.1 Å². The number of methoxy groups -OCH3 is 1. The molecule has 1 aliphatic rings. The van der Waals surface area contributed by atoms with Crippen LogP contribution in [-0.2, 0) is 4.79 Å². The van der Waals surface area contributed by atoms with Crippen molar-refractivity contribution < 1.29 is 9.53 Å². The maximum absolute atomic E-state index is 11.9. The Morgan fingerprint density at radius 3 is 2.88 bits per heavy atom. The van der Waals surface area contributed by atoms with Gasteiger partial charge in [-0.2, -0.15) is 0 Å². The van der Waals surface area contributed by atoms with Crippen LogP contribution in [0.3, 0.4) is 0 Å². The third-order valence-electron chi connectivity index (χ3n) is 2.76. The standard InChI is InChI=1S/C13H14INO2/c1-17-10-6-7-12(11(14)8-10)15-13(16)9-4-2-3-5-9/h4,6-8H,2-3,5H2,1H3,(H,15,16). The summed E-state index contributed by atoms with van der Waals surface area (Å²) in [6, 6.07) is 5.62. The Hall–Kier alpha value is -1.04. The summed E-state index contributed by atoms with van der Waals surface area (Å²) < 4.78 is 6.11. The number of carbonyl (C=O) groups excluding carboxylic acids is 1. The van der Waals surface area contributed by atoms with Crippen molar-refractivity contribution in [3.63, 3.8) is 0 Å². The van der Waals surface area contributed by atoms with Crippen molar-refractivity contribution in [3.8, 4) is 5.75 Å². The molecule has 0 saturated heterocycles. The number of allylic oxidation sites excluding steroid dienone is 1. The first-order valence-corrected chi connectivity index (χ1v) is 6.62. The van der Waals surface area contributed by atoms with Gasteiger partial charge in [0.15, 0.2) is 0 Å². The molecule has 3 nitrogen and oxygen atoms in total. The topological polar surface area (TPSA) is 38.3 Å². The first kappa shape index (κ1) is 12.4. The van der Waals surface area contributed by atoms with Gasteiger partial charge in [-0.05, 0) is 60.1 Å². The number of carbonyl (C=O) groups is 1. The number of benzene rings is 1. The van der Waals surface area contributed by atoms with Gasteiger partial charge in [-0.3, -0.25) is 4.79 Å². The minimum Gasteiger partial charge on any atom is -0.497 e. The van der Waals surface area contributed by atoms with E-state index in [2.05, 4.69) is 27.9 Å². The summed E-state index contributed by atoms with van der Waals surface area (Å²) in [7, 11) is 1.63. The highest BCUT2D eigenvalue weighted by Gasteiger charge is 2.14. The Bertz CT molecular complexity index is 468. The highest BCUT2D eigenvalue weighted by molar-refractivity contribution is 14.1. The molecule has 1 aromatic carbocycles. The average molecular weight is 343 g/mol. The number of ether oxygens (including phenoxy) is 1. The molecule has 0 aliphatic heterocycles. The summed E-state index contributed by atoms with van der Waals surface area (Å²) in [6.45, 7) is 0. The lowest BCUT2D eigenvalue weighted by atomic mass is 10.2. The first-order chi connectivity index (χ1) is 8.20. The lowest BCUT2D eigenvalue weighted by Gasteiger charge is -2.09. The molecule has 17 heavy (non-hydrogen) atoms. The molecule has 0 saturated carbocycles. The molecule has 1 aliphatic carbocycles. The van der Waals surface area contributed by atoms with Gasteiger partial charge in [0.05, 0.1) is 12.8 Å². The summed E-state index contributed by atoms with van der Waals surface area (Å²) >= 11 is 2.19. The van der Waals surface area contributed by atoms with Crippen molar-refractivity contribution in [2.45, 2.75) is 19.3 Å². The predicted octanol–water partition coefficient (Wildman–Crippen LogP) is 3.35. The second-order valence-electron chi connectivity index (χ2n) is 3.92. The summed E-state index contributed by atoms with van der Waals surface area (Å²) in [5.41, 5.74) is 1.74. The number of halogens is 1. The van der Waals surface area contributed by atoms with Crippen LogP contribution in [0.15, 0.2) is 29.8 Å². The third kappa shape index (κ3) is 3.00. The van der Waals surface area contributed by atoms with E-state index in [0.29, 0.717) is 0 Å². The van der Waals surface area contributed by atoms with Crippen LogP contribution in [0.25, 0.3) is 0 Å². The zero-order valence-electron chi connectivity index (χ0n) is 9.63. The smallest absolute Gasteiger partial charge is 0.251 e. The lowest BCUT2D eigenvalue weighted by molar-refractivity contribution is -0.112. The predicted molar refractivity (Wildman–Crippen MR) is 76.3 cm³/mol. The fourth-order valence-electron chi connectivity index (χ4n) is 1.80. The van der Waals surface area contributed by atoms with Gasteiger partial charge in [-0.1, -0.05) is 6.08 Å². The van der Waals surface area contributed by atoms with E-state index in [1.54, 1.807) is 7.11 Å². The van der Waals surface area contributed by atoms with E-state index in [1.165, 1.54) is 0 Å². The molecule has 0 atom stereocenters. The van der Waals surface area contributed by atoms with Crippen molar-refractivity contribution in [1.29, 1.82) is 0 Å². The molecule has 1 aromatic rings. The molecular weight excluding hydrogens is 329 g/mol. The molecule has 0 aromatic heterocycles. The summed E-state index contributed by atoms with van der Waals surface area (Å²) in [4.78, 5) is 11.9. The SMILES string of the molecule is COc1ccc(NC(=O)C2=CCCC2)c(I)c1. The number of rotatable bonds is 3. The molecule has 0 heterocycles. The number of hydrogen-bond acceptors (Lipinski definition) is 2. The molecule has 0 unspecified atom stereocenters. The van der Waals surface area contributed by atoms with Gasteiger partial charge in [-0.25, -0.2) is 0 Å². The molecule has 0 spiro atoms. The molecule has 0 radical (unpaired) electrons. The summed E-state index contributed by atoms with van der Waals surface area (Å²) in [6.07, 6.45) is 5.01. The molecular formula is C13H14INO2. The van der Waals surface area contributed by atoms with Crippen LogP contribution in [0.1, 0.15) is 19.3 Å². The van der Waals surface area contributed by atoms with Gasteiger partial charge in [0.25, 0.3) is 5.91 Å². The largest absolute Gasteiger partial charge is 0.497 e. The summed E-state index contributed by atoms with van der Waals surface area (Å²) in [5, 5.41) is 2.93. The monoisotopic (exact) mass is 343 g/mol.